The van der Waals surface area contributed by atoms with E-state index in [4.69, 9.17) is 0 Å². The molecule has 4 nitrogen and oxygen atoms in total. The van der Waals surface area contributed by atoms with Gasteiger partial charge in [0, 0.05) is 0 Å². The van der Waals surface area contributed by atoms with Crippen molar-refractivity contribution in [1.29, 1.82) is 0 Å². The first-order chi connectivity index (χ1) is 8.34. The molecule has 18 heavy (non-hydrogen) atoms. The second-order valence-electron chi connectivity index (χ2n) is 3.88. The Kier molecular flexibility index (Phi) is 6.72. The molecule has 7 heteroatoms. The third kappa shape index (κ3) is 3.61. The summed E-state index contributed by atoms with van der Waals surface area (Å²) < 4.78 is 47.7. The van der Waals surface area contributed by atoms with Crippen molar-refractivity contribution < 1.29 is 32.2 Å². The van der Waals surface area contributed by atoms with Crippen molar-refractivity contribution in [1.82, 2.24) is 0 Å². The zero-order chi connectivity index (χ0) is 14.3. The van der Waals surface area contributed by atoms with Gasteiger partial charge in [0.05, 0.1) is 18.6 Å². The molecule has 0 rings (SSSR count). The monoisotopic (exact) mass is 270 g/mol. The molecule has 1 atom stereocenters. The van der Waals surface area contributed by atoms with E-state index in [2.05, 4.69) is 9.47 Å². The fraction of sp³-hybridized carbons (Fsp3) is 0.818. The van der Waals surface area contributed by atoms with E-state index in [0.717, 1.165) is 6.92 Å². The van der Waals surface area contributed by atoms with Crippen molar-refractivity contribution in [3.05, 3.63) is 0 Å². The van der Waals surface area contributed by atoms with Crippen LogP contribution in [-0.4, -0.2) is 38.3 Å². The highest BCUT2D eigenvalue weighted by Gasteiger charge is 2.52. The fourth-order valence-electron chi connectivity index (χ4n) is 1.35. The van der Waals surface area contributed by atoms with Crippen LogP contribution in [0.4, 0.5) is 13.2 Å². The zero-order valence-electron chi connectivity index (χ0n) is 10.5. The van der Waals surface area contributed by atoms with Crippen LogP contribution in [0, 0.1) is 11.3 Å². The van der Waals surface area contributed by atoms with E-state index in [1.54, 1.807) is 0 Å². The molecule has 0 N–H and O–H groups in total. The number of hydrogen-bond acceptors (Lipinski definition) is 4. The van der Waals surface area contributed by atoms with Crippen molar-refractivity contribution >= 4 is 11.9 Å². The highest BCUT2D eigenvalue weighted by molar-refractivity contribution is 5.96. The fourth-order valence-corrected chi connectivity index (χ4v) is 1.35. The molecule has 0 aromatic rings. The second kappa shape index (κ2) is 7.23. The lowest BCUT2D eigenvalue weighted by molar-refractivity contribution is -0.176. The van der Waals surface area contributed by atoms with Crippen LogP contribution in [-0.2, 0) is 19.1 Å². The maximum Gasteiger partial charge on any atom is 0.321 e. The minimum absolute atomic E-state index is 0.0969. The molecule has 0 aliphatic carbocycles. The molecular formula is C11H17F3O4. The summed E-state index contributed by atoms with van der Waals surface area (Å²) in [6.45, 7) is 1.99. The minimum Gasteiger partial charge on any atom is -0.465 e. The van der Waals surface area contributed by atoms with E-state index in [-0.39, 0.29) is 13.2 Å². The largest absolute Gasteiger partial charge is 0.465 e. The molecule has 0 aliphatic heterocycles. The van der Waals surface area contributed by atoms with Gasteiger partial charge < -0.3 is 9.47 Å². The third-order valence-electron chi connectivity index (χ3n) is 2.49. The molecule has 0 aromatic heterocycles. The summed E-state index contributed by atoms with van der Waals surface area (Å²) in [7, 11) is 0. The molecular weight excluding hydrogens is 253 g/mol. The van der Waals surface area contributed by atoms with Crippen LogP contribution >= 0.6 is 0 Å². The first-order valence-corrected chi connectivity index (χ1v) is 5.52. The van der Waals surface area contributed by atoms with Crippen molar-refractivity contribution in [3.63, 3.8) is 0 Å². The molecule has 0 heterocycles. The highest BCUT2D eigenvalue weighted by Crippen LogP contribution is 2.36. The van der Waals surface area contributed by atoms with Crippen molar-refractivity contribution in [2.24, 2.45) is 11.3 Å². The SMILES string of the molecule is CCOC(=O)C(C(=O)OCC)C(C)(CF)C(F)F. The van der Waals surface area contributed by atoms with Gasteiger partial charge >= 0.3 is 11.9 Å². The van der Waals surface area contributed by atoms with Gasteiger partial charge in [-0.2, -0.15) is 0 Å². The lowest BCUT2D eigenvalue weighted by Crippen LogP contribution is -2.47. The van der Waals surface area contributed by atoms with Crippen LogP contribution in [0.25, 0.3) is 0 Å². The number of halogens is 3. The Morgan fingerprint density at radius 2 is 1.50 bits per heavy atom. The molecule has 0 fully saturated rings. The second-order valence-corrected chi connectivity index (χ2v) is 3.88. The molecule has 0 radical (unpaired) electrons. The van der Waals surface area contributed by atoms with Crippen molar-refractivity contribution in [2.45, 2.75) is 27.2 Å². The Hall–Kier alpha value is -1.27. The maximum absolute atomic E-state index is 12.9. The third-order valence-corrected chi connectivity index (χ3v) is 2.49. The van der Waals surface area contributed by atoms with Gasteiger partial charge in [0.2, 0.25) is 6.43 Å². The number of hydrogen-bond donors (Lipinski definition) is 0. The van der Waals surface area contributed by atoms with Gasteiger partial charge in [-0.1, -0.05) is 6.92 Å². The van der Waals surface area contributed by atoms with Crippen LogP contribution in [0.15, 0.2) is 0 Å². The van der Waals surface area contributed by atoms with Crippen LogP contribution in [0.5, 0.6) is 0 Å². The topological polar surface area (TPSA) is 52.6 Å². The number of carbonyl (C=O) groups is 2. The predicted molar refractivity (Wildman–Crippen MR) is 56.8 cm³/mol. The summed E-state index contributed by atoms with van der Waals surface area (Å²) in [5, 5.41) is 0. The summed E-state index contributed by atoms with van der Waals surface area (Å²) >= 11 is 0. The highest BCUT2D eigenvalue weighted by atomic mass is 19.3. The summed E-state index contributed by atoms with van der Waals surface area (Å²) in [5.41, 5.74) is -2.45. The van der Waals surface area contributed by atoms with Crippen LogP contribution in [0.2, 0.25) is 0 Å². The lowest BCUT2D eigenvalue weighted by Gasteiger charge is -2.31. The summed E-state index contributed by atoms with van der Waals surface area (Å²) in [4.78, 5) is 23.1. The van der Waals surface area contributed by atoms with E-state index in [1.165, 1.54) is 13.8 Å². The smallest absolute Gasteiger partial charge is 0.321 e. The number of alkyl halides is 3. The maximum atomic E-state index is 12.9. The van der Waals surface area contributed by atoms with Gasteiger partial charge in [-0.3, -0.25) is 14.0 Å². The molecule has 0 saturated carbocycles. The molecule has 0 amide bonds. The van der Waals surface area contributed by atoms with E-state index < -0.39 is 36.4 Å². The Balaban J connectivity index is 5.30. The molecule has 0 bridgehead atoms. The first-order valence-electron chi connectivity index (χ1n) is 5.52. The number of rotatable bonds is 7. The van der Waals surface area contributed by atoms with Crippen molar-refractivity contribution in [3.8, 4) is 0 Å². The summed E-state index contributed by atoms with van der Waals surface area (Å²) in [6, 6.07) is 0. The minimum atomic E-state index is -3.19. The Morgan fingerprint density at radius 1 is 1.11 bits per heavy atom. The normalized spacial score (nSPS) is 14.4. The lowest BCUT2D eigenvalue weighted by atomic mass is 9.78. The van der Waals surface area contributed by atoms with E-state index in [9.17, 15) is 22.8 Å². The average Bonchev–Trinajstić information content (AvgIpc) is 2.29. The summed E-state index contributed by atoms with van der Waals surface area (Å²) in [6.07, 6.45) is -3.19. The Morgan fingerprint density at radius 3 is 1.72 bits per heavy atom. The Labute approximate surface area is 103 Å². The van der Waals surface area contributed by atoms with Crippen LogP contribution in [0.3, 0.4) is 0 Å². The van der Waals surface area contributed by atoms with Gasteiger partial charge in [0.15, 0.2) is 5.92 Å². The Bertz CT molecular complexity index is 278. The zero-order valence-corrected chi connectivity index (χ0v) is 10.5. The van der Waals surface area contributed by atoms with Gasteiger partial charge in [0.25, 0.3) is 0 Å². The molecule has 0 spiro atoms. The molecule has 0 saturated heterocycles. The van der Waals surface area contributed by atoms with Gasteiger partial charge in [-0.05, 0) is 13.8 Å². The molecule has 0 aliphatic rings. The number of ether oxygens (including phenoxy) is 2. The van der Waals surface area contributed by atoms with E-state index in [1.807, 2.05) is 0 Å². The first kappa shape index (κ1) is 16.7. The number of carbonyl (C=O) groups excluding carboxylic acids is 2. The van der Waals surface area contributed by atoms with Crippen LogP contribution < -0.4 is 0 Å². The van der Waals surface area contributed by atoms with E-state index >= 15 is 0 Å². The number of esters is 2. The predicted octanol–water partition coefficient (Wildman–Crippen LogP) is 1.97. The average molecular weight is 270 g/mol. The van der Waals surface area contributed by atoms with Crippen LogP contribution in [0.1, 0.15) is 20.8 Å². The molecule has 1 unspecified atom stereocenters. The summed E-state index contributed by atoms with van der Waals surface area (Å²) in [5.74, 6) is -4.37. The van der Waals surface area contributed by atoms with Crippen molar-refractivity contribution in [2.75, 3.05) is 19.9 Å². The van der Waals surface area contributed by atoms with Gasteiger partial charge in [-0.25, -0.2) is 8.78 Å². The molecule has 106 valence electrons. The van der Waals surface area contributed by atoms with Gasteiger partial charge in [0.1, 0.15) is 6.67 Å². The van der Waals surface area contributed by atoms with E-state index in [0.29, 0.717) is 0 Å². The quantitative estimate of drug-likeness (QED) is 0.524. The standard InChI is InChI=1S/C11H17F3O4/c1-4-17-8(15)7(9(16)18-5-2)11(3,6-12)10(13)14/h7,10H,4-6H2,1-3H3. The van der Waals surface area contributed by atoms with Gasteiger partial charge in [-0.15, -0.1) is 0 Å². The molecule has 0 aromatic carbocycles.